The zero-order chi connectivity index (χ0) is 16.2. The molecule has 0 fully saturated rings. The molecule has 0 saturated heterocycles. The summed E-state index contributed by atoms with van der Waals surface area (Å²) in [7, 11) is 0. The van der Waals surface area contributed by atoms with Crippen LogP contribution < -0.4 is 4.74 Å². The Morgan fingerprint density at radius 1 is 1.13 bits per heavy atom. The van der Waals surface area contributed by atoms with Crippen LogP contribution in [0.1, 0.15) is 5.56 Å². The zero-order valence-electron chi connectivity index (χ0n) is 11.9. The molecule has 0 unspecified atom stereocenters. The van der Waals surface area contributed by atoms with E-state index in [4.69, 9.17) is 4.74 Å². The van der Waals surface area contributed by atoms with Crippen molar-refractivity contribution in [1.29, 1.82) is 0 Å². The summed E-state index contributed by atoms with van der Waals surface area (Å²) in [5.41, 5.74) is 1.86. The van der Waals surface area contributed by atoms with Gasteiger partial charge >= 0.3 is 5.69 Å². The van der Waals surface area contributed by atoms with Gasteiger partial charge in [-0.05, 0) is 57.8 Å². The van der Waals surface area contributed by atoms with Gasteiger partial charge in [-0.1, -0.05) is 12.1 Å². The second-order valence-electron chi connectivity index (χ2n) is 4.87. The highest BCUT2D eigenvalue weighted by Gasteiger charge is 2.14. The van der Waals surface area contributed by atoms with Crippen molar-refractivity contribution in [3.05, 3.63) is 80.8 Å². The van der Waals surface area contributed by atoms with Crippen LogP contribution in [0, 0.1) is 15.9 Å². The van der Waals surface area contributed by atoms with E-state index in [0.29, 0.717) is 17.9 Å². The van der Waals surface area contributed by atoms with Gasteiger partial charge in [0.25, 0.3) is 0 Å². The fraction of sp³-hybridized carbons (Fsp3) is 0.0588. The van der Waals surface area contributed by atoms with Crippen molar-refractivity contribution in [2.24, 2.45) is 0 Å². The number of hydrogen-bond acceptors (Lipinski definition) is 4. The summed E-state index contributed by atoms with van der Waals surface area (Å²) >= 11 is 1.60. The van der Waals surface area contributed by atoms with Gasteiger partial charge in [0.1, 0.15) is 12.4 Å². The van der Waals surface area contributed by atoms with Crippen LogP contribution >= 0.6 is 11.3 Å². The molecule has 23 heavy (non-hydrogen) atoms. The molecule has 6 heteroatoms. The summed E-state index contributed by atoms with van der Waals surface area (Å²) in [5.74, 6) is -0.190. The van der Waals surface area contributed by atoms with Gasteiger partial charge in [0, 0.05) is 6.07 Å². The molecule has 0 N–H and O–H groups in total. The van der Waals surface area contributed by atoms with E-state index in [1.807, 2.05) is 22.9 Å². The lowest BCUT2D eigenvalue weighted by Crippen LogP contribution is -1.94. The summed E-state index contributed by atoms with van der Waals surface area (Å²) < 4.78 is 19.5. The number of hydrogen-bond donors (Lipinski definition) is 0. The number of nitrogens with zero attached hydrogens (tertiary/aromatic N) is 1. The largest absolute Gasteiger partial charge is 0.489 e. The minimum atomic E-state index is -0.850. The minimum absolute atomic E-state index is 0.460. The minimum Gasteiger partial charge on any atom is -0.489 e. The lowest BCUT2D eigenvalue weighted by Gasteiger charge is -2.08. The van der Waals surface area contributed by atoms with Crippen molar-refractivity contribution in [3.8, 4) is 16.9 Å². The average molecular weight is 329 g/mol. The van der Waals surface area contributed by atoms with Crippen molar-refractivity contribution in [1.82, 2.24) is 0 Å². The third-order valence-corrected chi connectivity index (χ3v) is 4.03. The van der Waals surface area contributed by atoms with E-state index in [9.17, 15) is 14.5 Å². The van der Waals surface area contributed by atoms with Gasteiger partial charge in [0.15, 0.2) is 0 Å². The SMILES string of the molecule is O=[N+]([O-])c1ccc(-c2cccc(OCc3ccsc3)c2)cc1F. The number of benzene rings is 2. The first-order valence-corrected chi connectivity index (χ1v) is 7.76. The highest BCUT2D eigenvalue weighted by molar-refractivity contribution is 7.07. The zero-order valence-corrected chi connectivity index (χ0v) is 12.8. The molecule has 0 spiro atoms. The number of halogens is 1. The molecule has 3 aromatic rings. The molecule has 116 valence electrons. The number of nitro groups is 1. The number of rotatable bonds is 5. The van der Waals surface area contributed by atoms with E-state index in [1.54, 1.807) is 29.5 Å². The monoisotopic (exact) mass is 329 g/mol. The number of ether oxygens (including phenoxy) is 1. The molecule has 1 aromatic heterocycles. The molecule has 0 aliphatic heterocycles. The predicted molar refractivity (Wildman–Crippen MR) is 87.1 cm³/mol. The highest BCUT2D eigenvalue weighted by atomic mass is 32.1. The van der Waals surface area contributed by atoms with Gasteiger partial charge in [-0.25, -0.2) is 0 Å². The summed E-state index contributed by atoms with van der Waals surface area (Å²) in [6, 6.07) is 13.1. The molecule has 0 aliphatic carbocycles. The Labute approximate surface area is 135 Å². The lowest BCUT2D eigenvalue weighted by molar-refractivity contribution is -0.387. The smallest absolute Gasteiger partial charge is 0.304 e. The standard InChI is InChI=1S/C17H12FNO3S/c18-16-9-14(4-5-17(16)19(20)21)13-2-1-3-15(8-13)22-10-12-6-7-23-11-12/h1-9,11H,10H2. The van der Waals surface area contributed by atoms with Gasteiger partial charge < -0.3 is 4.74 Å². The molecule has 2 aromatic carbocycles. The number of thiophene rings is 1. The van der Waals surface area contributed by atoms with E-state index < -0.39 is 16.4 Å². The van der Waals surface area contributed by atoms with Gasteiger partial charge in [0.2, 0.25) is 5.82 Å². The highest BCUT2D eigenvalue weighted by Crippen LogP contribution is 2.28. The first-order valence-electron chi connectivity index (χ1n) is 6.82. The second kappa shape index (κ2) is 6.58. The molecule has 0 bridgehead atoms. The lowest BCUT2D eigenvalue weighted by atomic mass is 10.0. The maximum Gasteiger partial charge on any atom is 0.304 e. The van der Waals surface area contributed by atoms with Crippen LogP contribution in [0.3, 0.4) is 0 Å². The first-order chi connectivity index (χ1) is 11.1. The van der Waals surface area contributed by atoms with Gasteiger partial charge in [0.05, 0.1) is 4.92 Å². The molecule has 1 heterocycles. The van der Waals surface area contributed by atoms with E-state index in [2.05, 4.69) is 0 Å². The molecular formula is C17H12FNO3S. The molecule has 0 saturated carbocycles. The number of nitro benzene ring substituents is 1. The van der Waals surface area contributed by atoms with Crippen molar-refractivity contribution in [2.75, 3.05) is 0 Å². The summed E-state index contributed by atoms with van der Waals surface area (Å²) in [5, 5.41) is 14.7. The summed E-state index contributed by atoms with van der Waals surface area (Å²) in [6.07, 6.45) is 0. The Kier molecular flexibility index (Phi) is 4.34. The molecule has 4 nitrogen and oxygen atoms in total. The Morgan fingerprint density at radius 2 is 1.96 bits per heavy atom. The molecule has 0 atom stereocenters. The third kappa shape index (κ3) is 3.54. The Morgan fingerprint density at radius 3 is 2.65 bits per heavy atom. The Hall–Kier alpha value is -2.73. The molecular weight excluding hydrogens is 317 g/mol. The average Bonchev–Trinajstić information content (AvgIpc) is 3.06. The molecule has 0 amide bonds. The van der Waals surface area contributed by atoms with Gasteiger partial charge in [-0.2, -0.15) is 15.7 Å². The summed E-state index contributed by atoms with van der Waals surface area (Å²) in [6.45, 7) is 0.460. The Bertz CT molecular complexity index is 834. The molecule has 0 radical (unpaired) electrons. The fourth-order valence-electron chi connectivity index (χ4n) is 2.14. The van der Waals surface area contributed by atoms with Crippen LogP contribution in [0.2, 0.25) is 0 Å². The van der Waals surface area contributed by atoms with E-state index in [1.165, 1.54) is 12.1 Å². The topological polar surface area (TPSA) is 52.4 Å². The fourth-order valence-corrected chi connectivity index (χ4v) is 2.79. The first kappa shape index (κ1) is 15.2. The van der Waals surface area contributed by atoms with Crippen molar-refractivity contribution in [3.63, 3.8) is 0 Å². The van der Waals surface area contributed by atoms with Crippen molar-refractivity contribution >= 4 is 17.0 Å². The third-order valence-electron chi connectivity index (χ3n) is 3.30. The van der Waals surface area contributed by atoms with Crippen LogP contribution in [-0.4, -0.2) is 4.92 Å². The molecule has 3 rings (SSSR count). The van der Waals surface area contributed by atoms with Crippen LogP contribution in [-0.2, 0) is 6.61 Å². The van der Waals surface area contributed by atoms with Crippen LogP contribution in [0.5, 0.6) is 5.75 Å². The molecule has 0 aliphatic rings. The maximum atomic E-state index is 13.7. The van der Waals surface area contributed by atoms with Crippen molar-refractivity contribution in [2.45, 2.75) is 6.61 Å². The van der Waals surface area contributed by atoms with Gasteiger partial charge in [-0.15, -0.1) is 0 Å². The van der Waals surface area contributed by atoms with E-state index >= 15 is 0 Å². The van der Waals surface area contributed by atoms with Crippen LogP contribution in [0.4, 0.5) is 10.1 Å². The Balaban J connectivity index is 1.81. The van der Waals surface area contributed by atoms with E-state index in [-0.39, 0.29) is 0 Å². The van der Waals surface area contributed by atoms with Crippen LogP contribution in [0.25, 0.3) is 11.1 Å². The quantitative estimate of drug-likeness (QED) is 0.486. The van der Waals surface area contributed by atoms with E-state index in [0.717, 1.165) is 17.2 Å². The second-order valence-corrected chi connectivity index (χ2v) is 5.65. The summed E-state index contributed by atoms with van der Waals surface area (Å²) in [4.78, 5) is 9.93. The normalized spacial score (nSPS) is 10.5. The van der Waals surface area contributed by atoms with Crippen molar-refractivity contribution < 1.29 is 14.1 Å². The maximum absolute atomic E-state index is 13.7. The van der Waals surface area contributed by atoms with Gasteiger partial charge in [-0.3, -0.25) is 10.1 Å². The predicted octanol–water partition coefficient (Wildman–Crippen LogP) is 5.04. The van der Waals surface area contributed by atoms with Crippen LogP contribution in [0.15, 0.2) is 59.3 Å².